The predicted octanol–water partition coefficient (Wildman–Crippen LogP) is 3.51. The van der Waals surface area contributed by atoms with E-state index in [4.69, 9.17) is 18.9 Å². The molecular weight excluding hydrogens is 320 g/mol. The highest BCUT2D eigenvalue weighted by Gasteiger charge is 2.10. The first kappa shape index (κ1) is 24.3. The van der Waals surface area contributed by atoms with Gasteiger partial charge in [-0.05, 0) is 47.0 Å². The molecule has 4 atom stereocenters. The van der Waals surface area contributed by atoms with E-state index >= 15 is 0 Å². The summed E-state index contributed by atoms with van der Waals surface area (Å²) in [5, 5.41) is 9.17. The van der Waals surface area contributed by atoms with Crippen LogP contribution in [0.1, 0.15) is 47.0 Å². The van der Waals surface area contributed by atoms with Crippen LogP contribution >= 0.6 is 0 Å². The molecule has 0 fully saturated rings. The molecule has 0 aliphatic rings. The van der Waals surface area contributed by atoms with Gasteiger partial charge in [0.2, 0.25) is 0 Å². The molecule has 25 heavy (non-hydrogen) atoms. The zero-order valence-corrected chi connectivity index (χ0v) is 16.5. The summed E-state index contributed by atoms with van der Waals surface area (Å²) in [5.74, 6) is 0. The monoisotopic (exact) mass is 358 g/mol. The maximum absolute atomic E-state index is 9.17. The molecule has 0 rings (SSSR count). The van der Waals surface area contributed by atoms with Crippen LogP contribution in [-0.2, 0) is 18.9 Å². The third-order valence-corrected chi connectivity index (χ3v) is 3.37. The van der Waals surface area contributed by atoms with E-state index in [1.165, 1.54) is 0 Å². The molecule has 0 aromatic carbocycles. The fourth-order valence-corrected chi connectivity index (χ4v) is 1.92. The van der Waals surface area contributed by atoms with E-state index in [-0.39, 0.29) is 18.3 Å². The van der Waals surface area contributed by atoms with Gasteiger partial charge in [-0.2, -0.15) is 0 Å². The van der Waals surface area contributed by atoms with Crippen LogP contribution in [0.15, 0.2) is 24.8 Å². The van der Waals surface area contributed by atoms with Crippen LogP contribution < -0.4 is 0 Å². The molecule has 0 heterocycles. The minimum absolute atomic E-state index is 0.00944. The number of ether oxygens (including phenoxy) is 4. The molecule has 0 bridgehead atoms. The summed E-state index contributed by atoms with van der Waals surface area (Å²) < 4.78 is 22.4. The molecule has 5 nitrogen and oxygen atoms in total. The van der Waals surface area contributed by atoms with Crippen LogP contribution in [0.4, 0.5) is 0 Å². The number of aliphatic hydroxyl groups excluding tert-OH is 1. The second-order valence-electron chi connectivity index (χ2n) is 6.51. The highest BCUT2D eigenvalue weighted by atomic mass is 16.6. The van der Waals surface area contributed by atoms with Crippen LogP contribution in [0.5, 0.6) is 0 Å². The van der Waals surface area contributed by atoms with E-state index in [0.29, 0.717) is 33.0 Å². The van der Waals surface area contributed by atoms with Crippen LogP contribution in [-0.4, -0.2) is 62.6 Å². The number of aliphatic hydroxyl groups is 1. The first-order valence-corrected chi connectivity index (χ1v) is 9.32. The minimum Gasteiger partial charge on any atom is -0.391 e. The van der Waals surface area contributed by atoms with Gasteiger partial charge in [0.15, 0.2) is 0 Å². The summed E-state index contributed by atoms with van der Waals surface area (Å²) in [6, 6.07) is 0. The van der Waals surface area contributed by atoms with E-state index < -0.39 is 6.10 Å². The SMILES string of the molecule is C=CCCCC=CCOCC(C)OCC(C)OCC(C)OCC(C)O. The Morgan fingerprint density at radius 1 is 0.800 bits per heavy atom. The Bertz CT molecular complexity index is 330. The lowest BCUT2D eigenvalue weighted by Gasteiger charge is -2.20. The normalized spacial score (nSPS) is 16.7. The summed E-state index contributed by atoms with van der Waals surface area (Å²) in [5.41, 5.74) is 0. The molecule has 0 aromatic rings. The molecule has 0 spiro atoms. The molecule has 4 unspecified atom stereocenters. The number of unbranched alkanes of at least 4 members (excludes halogenated alkanes) is 2. The molecule has 0 aromatic heterocycles. The van der Waals surface area contributed by atoms with E-state index in [1.54, 1.807) is 6.92 Å². The van der Waals surface area contributed by atoms with Crippen LogP contribution in [0.3, 0.4) is 0 Å². The van der Waals surface area contributed by atoms with Crippen molar-refractivity contribution in [2.24, 2.45) is 0 Å². The number of allylic oxidation sites excluding steroid dienone is 2. The fourth-order valence-electron chi connectivity index (χ4n) is 1.92. The lowest BCUT2D eigenvalue weighted by atomic mass is 10.2. The smallest absolute Gasteiger partial charge is 0.0781 e. The number of hydrogen-bond donors (Lipinski definition) is 1. The van der Waals surface area contributed by atoms with Gasteiger partial charge in [0.25, 0.3) is 0 Å². The molecule has 0 aliphatic heterocycles. The Balaban J connectivity index is 3.57. The van der Waals surface area contributed by atoms with Crippen LogP contribution in [0, 0.1) is 0 Å². The van der Waals surface area contributed by atoms with Crippen molar-refractivity contribution >= 4 is 0 Å². The second kappa shape index (κ2) is 16.7. The summed E-state index contributed by atoms with van der Waals surface area (Å²) in [4.78, 5) is 0. The van der Waals surface area contributed by atoms with Gasteiger partial charge in [-0.1, -0.05) is 18.2 Å². The van der Waals surface area contributed by atoms with Gasteiger partial charge in [0.1, 0.15) is 0 Å². The van der Waals surface area contributed by atoms with E-state index in [0.717, 1.165) is 19.3 Å². The van der Waals surface area contributed by atoms with E-state index in [9.17, 15) is 5.11 Å². The van der Waals surface area contributed by atoms with Crippen molar-refractivity contribution in [3.05, 3.63) is 24.8 Å². The Hall–Kier alpha value is -0.720. The summed E-state index contributed by atoms with van der Waals surface area (Å²) in [7, 11) is 0. The zero-order chi connectivity index (χ0) is 18.9. The Morgan fingerprint density at radius 3 is 1.92 bits per heavy atom. The molecule has 1 N–H and O–H groups in total. The first-order chi connectivity index (χ1) is 12.0. The molecule has 0 saturated heterocycles. The van der Waals surface area contributed by atoms with Crippen LogP contribution in [0.25, 0.3) is 0 Å². The lowest BCUT2D eigenvalue weighted by Crippen LogP contribution is -2.27. The quantitative estimate of drug-likeness (QED) is 0.318. The van der Waals surface area contributed by atoms with Crippen molar-refractivity contribution in [2.75, 3.05) is 33.0 Å². The van der Waals surface area contributed by atoms with Gasteiger partial charge >= 0.3 is 0 Å². The number of hydrogen-bond acceptors (Lipinski definition) is 5. The second-order valence-corrected chi connectivity index (χ2v) is 6.51. The Labute approximate surface area is 154 Å². The Morgan fingerprint density at radius 2 is 1.36 bits per heavy atom. The molecule has 5 heteroatoms. The molecule has 0 saturated carbocycles. The third-order valence-electron chi connectivity index (χ3n) is 3.37. The Kier molecular flexibility index (Phi) is 16.3. The zero-order valence-electron chi connectivity index (χ0n) is 16.5. The lowest BCUT2D eigenvalue weighted by molar-refractivity contribution is -0.0856. The fraction of sp³-hybridized carbons (Fsp3) is 0.800. The maximum atomic E-state index is 9.17. The summed E-state index contributed by atoms with van der Waals surface area (Å²) in [6.07, 6.45) is 8.92. The van der Waals surface area contributed by atoms with Gasteiger partial charge in [-0.25, -0.2) is 0 Å². The molecule has 0 aliphatic carbocycles. The van der Waals surface area contributed by atoms with E-state index in [1.807, 2.05) is 26.8 Å². The standard InChI is InChI=1S/C20H38O5/c1-6-7-8-9-10-11-12-22-14-18(3)24-16-20(5)25-15-19(4)23-13-17(2)21/h6,10-11,17-21H,1,7-9,12-16H2,2-5H3. The highest BCUT2D eigenvalue weighted by molar-refractivity contribution is 4.82. The van der Waals surface area contributed by atoms with Crippen molar-refractivity contribution in [3.8, 4) is 0 Å². The van der Waals surface area contributed by atoms with Gasteiger partial charge < -0.3 is 24.1 Å². The highest BCUT2D eigenvalue weighted by Crippen LogP contribution is 2.02. The minimum atomic E-state index is -0.453. The average molecular weight is 359 g/mol. The molecular formula is C20H38O5. The predicted molar refractivity (Wildman–Crippen MR) is 102 cm³/mol. The van der Waals surface area contributed by atoms with Gasteiger partial charge in [-0.3, -0.25) is 0 Å². The maximum Gasteiger partial charge on any atom is 0.0781 e. The molecule has 148 valence electrons. The van der Waals surface area contributed by atoms with Crippen molar-refractivity contribution in [1.82, 2.24) is 0 Å². The molecule has 0 amide bonds. The van der Waals surface area contributed by atoms with E-state index in [2.05, 4.69) is 18.7 Å². The van der Waals surface area contributed by atoms with Gasteiger partial charge in [-0.15, -0.1) is 6.58 Å². The summed E-state index contributed by atoms with van der Waals surface area (Å²) in [6.45, 7) is 13.8. The van der Waals surface area contributed by atoms with Gasteiger partial charge in [0, 0.05) is 0 Å². The van der Waals surface area contributed by atoms with Crippen molar-refractivity contribution in [1.29, 1.82) is 0 Å². The first-order valence-electron chi connectivity index (χ1n) is 9.32. The van der Waals surface area contributed by atoms with Gasteiger partial charge in [0.05, 0.1) is 57.5 Å². The van der Waals surface area contributed by atoms with Crippen molar-refractivity contribution in [2.45, 2.75) is 71.4 Å². The van der Waals surface area contributed by atoms with Crippen LogP contribution in [0.2, 0.25) is 0 Å². The van der Waals surface area contributed by atoms with Crippen molar-refractivity contribution < 1.29 is 24.1 Å². The molecule has 0 radical (unpaired) electrons. The largest absolute Gasteiger partial charge is 0.391 e. The van der Waals surface area contributed by atoms with Crippen molar-refractivity contribution in [3.63, 3.8) is 0 Å². The summed E-state index contributed by atoms with van der Waals surface area (Å²) >= 11 is 0. The number of rotatable bonds is 17. The topological polar surface area (TPSA) is 57.2 Å². The average Bonchev–Trinajstić information content (AvgIpc) is 2.58. The third kappa shape index (κ3) is 17.9.